The number of carbonyl (C=O) groups is 4. The maximum absolute atomic E-state index is 13.4. The van der Waals surface area contributed by atoms with Gasteiger partial charge in [0.15, 0.2) is 5.78 Å². The van der Waals surface area contributed by atoms with E-state index in [4.69, 9.17) is 23.2 Å². The second-order valence-electron chi connectivity index (χ2n) is 8.27. The first-order valence-electron chi connectivity index (χ1n) is 10.5. The van der Waals surface area contributed by atoms with Crippen molar-refractivity contribution in [2.45, 2.75) is 32.6 Å². The van der Waals surface area contributed by atoms with E-state index in [0.717, 1.165) is 28.4 Å². The number of fused-ring (bicyclic) bond motifs is 1. The largest absolute Gasteiger partial charge is 0.292 e. The van der Waals surface area contributed by atoms with Crippen molar-refractivity contribution in [3.8, 4) is 0 Å². The first-order valence-corrected chi connectivity index (χ1v) is 11.3. The molecule has 0 spiro atoms. The van der Waals surface area contributed by atoms with Gasteiger partial charge in [-0.1, -0.05) is 65.9 Å². The fourth-order valence-corrected chi connectivity index (χ4v) is 4.66. The van der Waals surface area contributed by atoms with Crippen LogP contribution in [0.5, 0.6) is 0 Å². The zero-order valence-electron chi connectivity index (χ0n) is 17.5. The van der Waals surface area contributed by atoms with Gasteiger partial charge in [-0.2, -0.15) is 5.01 Å². The van der Waals surface area contributed by atoms with Gasteiger partial charge in [-0.25, -0.2) is 5.01 Å². The summed E-state index contributed by atoms with van der Waals surface area (Å²) < 4.78 is 0. The van der Waals surface area contributed by atoms with Crippen molar-refractivity contribution in [3.05, 3.63) is 69.2 Å². The van der Waals surface area contributed by atoms with Gasteiger partial charge in [0, 0.05) is 11.1 Å². The van der Waals surface area contributed by atoms with Crippen molar-refractivity contribution >= 4 is 46.7 Å². The predicted octanol–water partition coefficient (Wildman–Crippen LogP) is 4.72. The molecule has 6 nitrogen and oxygen atoms in total. The lowest BCUT2D eigenvalue weighted by Gasteiger charge is -2.30. The molecule has 1 saturated heterocycles. The molecule has 1 saturated carbocycles. The third-order valence-corrected chi connectivity index (χ3v) is 6.87. The first-order chi connectivity index (χ1) is 15.3. The molecule has 2 fully saturated rings. The molecule has 0 aromatic heterocycles. The van der Waals surface area contributed by atoms with Crippen LogP contribution in [0.15, 0.2) is 42.5 Å². The monoisotopic (exact) mass is 472 g/mol. The van der Waals surface area contributed by atoms with E-state index in [0.29, 0.717) is 18.4 Å². The van der Waals surface area contributed by atoms with Crippen molar-refractivity contribution in [2.24, 2.45) is 11.8 Å². The molecule has 2 atom stereocenters. The molecule has 0 N–H and O–H groups in total. The van der Waals surface area contributed by atoms with Gasteiger partial charge in [-0.15, -0.1) is 0 Å². The molecule has 0 unspecified atom stereocenters. The second kappa shape index (κ2) is 9.04. The van der Waals surface area contributed by atoms with Gasteiger partial charge in [-0.05, 0) is 38.0 Å². The van der Waals surface area contributed by atoms with Crippen LogP contribution in [0.3, 0.4) is 0 Å². The minimum atomic E-state index is -0.663. The number of hydrogen-bond acceptors (Lipinski definition) is 4. The summed E-state index contributed by atoms with van der Waals surface area (Å²) in [5.41, 5.74) is 1.50. The van der Waals surface area contributed by atoms with Crippen molar-refractivity contribution in [1.29, 1.82) is 0 Å². The van der Waals surface area contributed by atoms with E-state index in [2.05, 4.69) is 0 Å². The Morgan fingerprint density at radius 3 is 2.03 bits per heavy atom. The number of Topliss-reactive ketones (excluding diaryl/α,β-unsaturated/α-hetero) is 1. The van der Waals surface area contributed by atoms with Crippen LogP contribution in [0, 0.1) is 18.8 Å². The minimum Gasteiger partial charge on any atom is -0.292 e. The summed E-state index contributed by atoms with van der Waals surface area (Å²) in [7, 11) is 0. The van der Waals surface area contributed by atoms with Crippen LogP contribution in [0.4, 0.5) is 0 Å². The van der Waals surface area contributed by atoms with Crippen molar-refractivity contribution in [3.63, 3.8) is 0 Å². The van der Waals surface area contributed by atoms with Crippen LogP contribution in [0.2, 0.25) is 10.0 Å². The van der Waals surface area contributed by atoms with E-state index in [1.807, 2.05) is 6.92 Å². The number of aryl methyl sites for hydroxylation is 1. The molecule has 0 radical (unpaired) electrons. The van der Waals surface area contributed by atoms with Gasteiger partial charge in [0.25, 0.3) is 17.7 Å². The van der Waals surface area contributed by atoms with E-state index in [1.165, 1.54) is 18.2 Å². The number of nitrogens with zero attached hydrogens (tertiary/aromatic N) is 2. The van der Waals surface area contributed by atoms with E-state index in [9.17, 15) is 19.2 Å². The molecule has 32 heavy (non-hydrogen) atoms. The van der Waals surface area contributed by atoms with E-state index in [1.54, 1.807) is 24.3 Å². The van der Waals surface area contributed by atoms with Crippen molar-refractivity contribution in [1.82, 2.24) is 10.0 Å². The highest BCUT2D eigenvalue weighted by Crippen LogP contribution is 2.39. The number of imide groups is 1. The van der Waals surface area contributed by atoms with Crippen LogP contribution in [0.25, 0.3) is 0 Å². The highest BCUT2D eigenvalue weighted by atomic mass is 35.5. The third kappa shape index (κ3) is 4.17. The zero-order chi connectivity index (χ0) is 23.0. The summed E-state index contributed by atoms with van der Waals surface area (Å²) in [6.07, 6.45) is 2.92. The normalized spacial score (nSPS) is 20.3. The topological polar surface area (TPSA) is 74.8 Å². The summed E-state index contributed by atoms with van der Waals surface area (Å²) in [6.45, 7) is 1.46. The molecule has 1 aliphatic heterocycles. The van der Waals surface area contributed by atoms with Crippen LogP contribution in [-0.2, 0) is 9.59 Å². The Bertz CT molecular complexity index is 1080. The highest BCUT2D eigenvalue weighted by molar-refractivity contribution is 6.42. The molecule has 0 bridgehead atoms. The lowest BCUT2D eigenvalue weighted by molar-refractivity contribution is -0.154. The summed E-state index contributed by atoms with van der Waals surface area (Å²) in [5, 5.41) is 2.28. The molecule has 2 aromatic carbocycles. The standard InChI is InChI=1S/C24H22Cl2N2O4/c1-14-6-8-15(9-7-14)21(29)13-27(22(30)16-10-11-19(25)20(26)12-16)28-23(31)17-4-2-3-5-18(17)24(28)32/h6-12,17-18H,2-5,13H2,1H3/t17-,18-/m1/s1. The Morgan fingerprint density at radius 2 is 1.47 bits per heavy atom. The molecule has 1 aliphatic carbocycles. The average molecular weight is 473 g/mol. The zero-order valence-corrected chi connectivity index (χ0v) is 19.0. The molecule has 4 rings (SSSR count). The number of hydrogen-bond donors (Lipinski definition) is 0. The summed E-state index contributed by atoms with van der Waals surface area (Å²) in [6, 6.07) is 11.2. The molecular formula is C24H22Cl2N2O4. The molecule has 1 heterocycles. The van der Waals surface area contributed by atoms with Gasteiger partial charge in [0.1, 0.15) is 6.54 Å². The molecule has 2 aliphatic rings. The second-order valence-corrected chi connectivity index (χ2v) is 9.08. The number of hydrazine groups is 1. The Labute approximate surface area is 196 Å². The maximum Gasteiger partial charge on any atom is 0.273 e. The van der Waals surface area contributed by atoms with Crippen molar-refractivity contribution in [2.75, 3.05) is 6.54 Å². The van der Waals surface area contributed by atoms with Crippen LogP contribution in [0.1, 0.15) is 52.0 Å². The third-order valence-electron chi connectivity index (χ3n) is 6.13. The van der Waals surface area contributed by atoms with Gasteiger partial charge >= 0.3 is 0 Å². The van der Waals surface area contributed by atoms with Gasteiger partial charge in [0.05, 0.1) is 21.9 Å². The Morgan fingerprint density at radius 1 is 0.906 bits per heavy atom. The summed E-state index contributed by atoms with van der Waals surface area (Å²) in [4.78, 5) is 52.8. The SMILES string of the molecule is Cc1ccc(C(=O)CN(C(=O)c2ccc(Cl)c(Cl)c2)N2C(=O)[C@@H]3CCCC[C@H]3C2=O)cc1. The number of rotatable bonds is 5. The average Bonchev–Trinajstić information content (AvgIpc) is 3.04. The number of amides is 3. The number of ketones is 1. The van der Waals surface area contributed by atoms with Gasteiger partial charge in [-0.3, -0.25) is 19.2 Å². The van der Waals surface area contributed by atoms with E-state index >= 15 is 0 Å². The van der Waals surface area contributed by atoms with Crippen LogP contribution in [-0.4, -0.2) is 40.1 Å². The molecule has 2 aromatic rings. The summed E-state index contributed by atoms with van der Waals surface area (Å²) in [5.74, 6) is -2.79. The molecule has 166 valence electrons. The smallest absolute Gasteiger partial charge is 0.273 e. The number of halogens is 2. The maximum atomic E-state index is 13.4. The summed E-state index contributed by atoms with van der Waals surface area (Å²) >= 11 is 12.0. The Hall–Kier alpha value is -2.70. The highest BCUT2D eigenvalue weighted by Gasteiger charge is 2.51. The predicted molar refractivity (Wildman–Crippen MR) is 120 cm³/mol. The quantitative estimate of drug-likeness (QED) is 0.466. The minimum absolute atomic E-state index is 0.131. The molecule has 8 heteroatoms. The fourth-order valence-electron chi connectivity index (χ4n) is 4.36. The lowest BCUT2D eigenvalue weighted by Crippen LogP contribution is -2.52. The van der Waals surface area contributed by atoms with E-state index < -0.39 is 36.1 Å². The number of carbonyl (C=O) groups excluding carboxylic acids is 4. The number of benzene rings is 2. The molecular weight excluding hydrogens is 451 g/mol. The Balaban J connectivity index is 1.70. The van der Waals surface area contributed by atoms with Crippen molar-refractivity contribution < 1.29 is 19.2 Å². The fraction of sp³-hybridized carbons (Fsp3) is 0.333. The Kier molecular flexibility index (Phi) is 6.35. The van der Waals surface area contributed by atoms with Gasteiger partial charge in [0.2, 0.25) is 0 Å². The lowest BCUT2D eigenvalue weighted by atomic mass is 9.81. The van der Waals surface area contributed by atoms with Crippen LogP contribution >= 0.6 is 23.2 Å². The van der Waals surface area contributed by atoms with Crippen LogP contribution < -0.4 is 0 Å². The molecule has 3 amide bonds. The first kappa shape index (κ1) is 22.5. The van der Waals surface area contributed by atoms with E-state index in [-0.39, 0.29) is 21.4 Å². The van der Waals surface area contributed by atoms with Gasteiger partial charge < -0.3 is 0 Å².